The van der Waals surface area contributed by atoms with Crippen LogP contribution in [0.3, 0.4) is 0 Å². The van der Waals surface area contributed by atoms with Crippen molar-refractivity contribution < 1.29 is 14.3 Å². The van der Waals surface area contributed by atoms with Gasteiger partial charge in [-0.15, -0.1) is 0 Å². The zero-order chi connectivity index (χ0) is 12.3. The lowest BCUT2D eigenvalue weighted by Crippen LogP contribution is -2.38. The van der Waals surface area contributed by atoms with Crippen molar-refractivity contribution in [3.8, 4) is 5.75 Å². The molecule has 0 aliphatic carbocycles. The molecule has 0 saturated carbocycles. The summed E-state index contributed by atoms with van der Waals surface area (Å²) in [6, 6.07) is 3.49. The molecule has 1 aliphatic rings. The molecule has 5 heteroatoms. The van der Waals surface area contributed by atoms with Crippen molar-refractivity contribution in [3.05, 3.63) is 29.6 Å². The number of benzene rings is 1. The van der Waals surface area contributed by atoms with E-state index in [0.29, 0.717) is 0 Å². The average molecular weight is 255 g/mol. The van der Waals surface area contributed by atoms with E-state index in [2.05, 4.69) is 5.32 Å². The fourth-order valence-corrected chi connectivity index (χ4v) is 2.88. The van der Waals surface area contributed by atoms with E-state index in [1.807, 2.05) is 0 Å². The van der Waals surface area contributed by atoms with E-state index in [4.69, 9.17) is 0 Å². The van der Waals surface area contributed by atoms with Gasteiger partial charge < -0.3 is 10.4 Å². The number of rotatable bonds is 2. The lowest BCUT2D eigenvalue weighted by molar-refractivity contribution is 0.0935. The SMILES string of the molecule is O=C(NC1CCCSC1)c1cc(F)ccc1O. The van der Waals surface area contributed by atoms with Crippen LogP contribution in [0.4, 0.5) is 4.39 Å². The summed E-state index contributed by atoms with van der Waals surface area (Å²) < 4.78 is 13.0. The first-order valence-electron chi connectivity index (χ1n) is 5.54. The largest absolute Gasteiger partial charge is 0.507 e. The maximum Gasteiger partial charge on any atom is 0.255 e. The van der Waals surface area contributed by atoms with Gasteiger partial charge in [0.25, 0.3) is 5.91 Å². The molecule has 1 atom stereocenters. The van der Waals surface area contributed by atoms with E-state index < -0.39 is 11.7 Å². The second-order valence-electron chi connectivity index (χ2n) is 4.05. The van der Waals surface area contributed by atoms with Crippen LogP contribution in [-0.4, -0.2) is 28.6 Å². The first-order chi connectivity index (χ1) is 8.16. The summed E-state index contributed by atoms with van der Waals surface area (Å²) in [6.45, 7) is 0. The average Bonchev–Trinajstić information content (AvgIpc) is 2.33. The molecule has 1 unspecified atom stereocenters. The molecular formula is C12H14FNO2S. The maximum absolute atomic E-state index is 13.0. The predicted molar refractivity (Wildman–Crippen MR) is 65.9 cm³/mol. The molecule has 0 radical (unpaired) electrons. The number of thioether (sulfide) groups is 1. The molecular weight excluding hydrogens is 241 g/mol. The Morgan fingerprint density at radius 3 is 3.06 bits per heavy atom. The van der Waals surface area contributed by atoms with E-state index in [-0.39, 0.29) is 17.4 Å². The number of hydrogen-bond acceptors (Lipinski definition) is 3. The molecule has 1 heterocycles. The van der Waals surface area contributed by atoms with Crippen LogP contribution in [0.15, 0.2) is 18.2 Å². The monoisotopic (exact) mass is 255 g/mol. The Bertz CT molecular complexity index is 419. The third-order valence-electron chi connectivity index (χ3n) is 2.70. The van der Waals surface area contributed by atoms with Crippen molar-refractivity contribution in [2.45, 2.75) is 18.9 Å². The van der Waals surface area contributed by atoms with Crippen LogP contribution in [0, 0.1) is 5.82 Å². The number of hydrogen-bond donors (Lipinski definition) is 2. The predicted octanol–water partition coefficient (Wildman–Crippen LogP) is 2.16. The van der Waals surface area contributed by atoms with Crippen LogP contribution in [0.1, 0.15) is 23.2 Å². The summed E-state index contributed by atoms with van der Waals surface area (Å²) >= 11 is 1.80. The Morgan fingerprint density at radius 2 is 2.35 bits per heavy atom. The minimum absolute atomic E-state index is 0.000531. The highest BCUT2D eigenvalue weighted by atomic mass is 32.2. The molecule has 2 N–H and O–H groups in total. The van der Waals surface area contributed by atoms with Gasteiger partial charge >= 0.3 is 0 Å². The molecule has 92 valence electrons. The van der Waals surface area contributed by atoms with Gasteiger partial charge in [-0.3, -0.25) is 4.79 Å². The Morgan fingerprint density at radius 1 is 1.53 bits per heavy atom. The summed E-state index contributed by atoms with van der Waals surface area (Å²) in [5.74, 6) is 0.882. The van der Waals surface area contributed by atoms with Crippen LogP contribution in [-0.2, 0) is 0 Å². The molecule has 1 amide bonds. The number of carbonyl (C=O) groups excluding carboxylic acids is 1. The molecule has 1 aliphatic heterocycles. The van der Waals surface area contributed by atoms with E-state index in [1.54, 1.807) is 11.8 Å². The number of aromatic hydroxyl groups is 1. The third-order valence-corrected chi connectivity index (χ3v) is 3.91. The number of phenolic OH excluding ortho intramolecular Hbond substituents is 1. The highest BCUT2D eigenvalue weighted by molar-refractivity contribution is 7.99. The topological polar surface area (TPSA) is 49.3 Å². The molecule has 1 saturated heterocycles. The van der Waals surface area contributed by atoms with Gasteiger partial charge in [0.2, 0.25) is 0 Å². The zero-order valence-electron chi connectivity index (χ0n) is 9.28. The number of halogens is 1. The number of carbonyl (C=O) groups is 1. The summed E-state index contributed by atoms with van der Waals surface area (Å²) in [6.07, 6.45) is 2.01. The minimum Gasteiger partial charge on any atom is -0.507 e. The molecule has 1 aromatic carbocycles. The number of amides is 1. The quantitative estimate of drug-likeness (QED) is 0.851. The summed E-state index contributed by atoms with van der Waals surface area (Å²) in [5.41, 5.74) is 0.000531. The Hall–Kier alpha value is -1.23. The van der Waals surface area contributed by atoms with E-state index >= 15 is 0 Å². The number of phenols is 1. The second-order valence-corrected chi connectivity index (χ2v) is 5.20. The smallest absolute Gasteiger partial charge is 0.255 e. The molecule has 3 nitrogen and oxygen atoms in total. The summed E-state index contributed by atoms with van der Waals surface area (Å²) in [4.78, 5) is 11.8. The number of nitrogens with one attached hydrogen (secondary N) is 1. The van der Waals surface area contributed by atoms with Gasteiger partial charge in [-0.2, -0.15) is 11.8 Å². The van der Waals surface area contributed by atoms with E-state index in [9.17, 15) is 14.3 Å². The molecule has 0 bridgehead atoms. The van der Waals surface area contributed by atoms with Crippen molar-refractivity contribution >= 4 is 17.7 Å². The third kappa shape index (κ3) is 3.12. The van der Waals surface area contributed by atoms with Crippen molar-refractivity contribution in [1.82, 2.24) is 5.32 Å². The first-order valence-corrected chi connectivity index (χ1v) is 6.69. The summed E-state index contributed by atoms with van der Waals surface area (Å²) in [5, 5.41) is 12.3. The van der Waals surface area contributed by atoms with Crippen LogP contribution >= 0.6 is 11.8 Å². The van der Waals surface area contributed by atoms with Crippen molar-refractivity contribution in [1.29, 1.82) is 0 Å². The Kier molecular flexibility index (Phi) is 3.89. The highest BCUT2D eigenvalue weighted by Gasteiger charge is 2.19. The highest BCUT2D eigenvalue weighted by Crippen LogP contribution is 2.20. The van der Waals surface area contributed by atoms with Crippen LogP contribution < -0.4 is 5.32 Å². The molecule has 1 aromatic rings. The van der Waals surface area contributed by atoms with Crippen LogP contribution in [0.25, 0.3) is 0 Å². The van der Waals surface area contributed by atoms with Gasteiger partial charge in [0.05, 0.1) is 5.56 Å². The van der Waals surface area contributed by atoms with Crippen molar-refractivity contribution in [2.24, 2.45) is 0 Å². The summed E-state index contributed by atoms with van der Waals surface area (Å²) in [7, 11) is 0. The van der Waals surface area contributed by atoms with Gasteiger partial charge in [-0.25, -0.2) is 4.39 Å². The molecule has 0 aromatic heterocycles. The van der Waals surface area contributed by atoms with Crippen LogP contribution in [0.5, 0.6) is 5.75 Å². The van der Waals surface area contributed by atoms with E-state index in [0.717, 1.165) is 36.5 Å². The lowest BCUT2D eigenvalue weighted by Gasteiger charge is -2.22. The Balaban J connectivity index is 2.05. The normalized spacial score (nSPS) is 19.9. The standard InChI is InChI=1S/C12H14FNO2S/c13-8-3-4-11(15)10(6-8)12(16)14-9-2-1-5-17-7-9/h3-4,6,9,15H,1-2,5,7H2,(H,14,16). The van der Waals surface area contributed by atoms with E-state index in [1.165, 1.54) is 6.07 Å². The maximum atomic E-state index is 13.0. The first kappa shape index (κ1) is 12.2. The van der Waals surface area contributed by atoms with Gasteiger partial charge in [-0.05, 0) is 36.8 Å². The van der Waals surface area contributed by atoms with Gasteiger partial charge in [-0.1, -0.05) is 0 Å². The van der Waals surface area contributed by atoms with Crippen molar-refractivity contribution in [2.75, 3.05) is 11.5 Å². The lowest BCUT2D eigenvalue weighted by atomic mass is 10.1. The molecule has 1 fully saturated rings. The Labute approximate surface area is 103 Å². The van der Waals surface area contributed by atoms with Crippen LogP contribution in [0.2, 0.25) is 0 Å². The second kappa shape index (κ2) is 5.40. The molecule has 0 spiro atoms. The van der Waals surface area contributed by atoms with Gasteiger partial charge in [0, 0.05) is 11.8 Å². The minimum atomic E-state index is -0.522. The van der Waals surface area contributed by atoms with Gasteiger partial charge in [0.1, 0.15) is 11.6 Å². The fraction of sp³-hybridized carbons (Fsp3) is 0.417. The molecule has 2 rings (SSSR count). The van der Waals surface area contributed by atoms with Crippen molar-refractivity contribution in [3.63, 3.8) is 0 Å². The molecule has 17 heavy (non-hydrogen) atoms. The zero-order valence-corrected chi connectivity index (χ0v) is 10.1. The van der Waals surface area contributed by atoms with Gasteiger partial charge in [0.15, 0.2) is 0 Å². The fourth-order valence-electron chi connectivity index (χ4n) is 1.81.